The summed E-state index contributed by atoms with van der Waals surface area (Å²) in [6.45, 7) is 4.25. The summed E-state index contributed by atoms with van der Waals surface area (Å²) in [5.74, 6) is -0.782. The molecule has 0 aromatic heterocycles. The van der Waals surface area contributed by atoms with Crippen LogP contribution in [0.25, 0.3) is 0 Å². The van der Waals surface area contributed by atoms with Gasteiger partial charge in [-0.1, -0.05) is 51.9 Å². The highest BCUT2D eigenvalue weighted by molar-refractivity contribution is 5.72. The third-order valence-corrected chi connectivity index (χ3v) is 3.14. The second kappa shape index (κ2) is 15.4. The molecule has 116 valence electrons. The van der Waals surface area contributed by atoms with Crippen LogP contribution in [0.5, 0.6) is 0 Å². The van der Waals surface area contributed by atoms with Gasteiger partial charge in [-0.15, -0.1) is 0 Å². The molecule has 0 radical (unpaired) electrons. The van der Waals surface area contributed by atoms with E-state index in [1.54, 1.807) is 25.9 Å². The molecule has 0 saturated carbocycles. The van der Waals surface area contributed by atoms with Gasteiger partial charge >= 0.3 is 5.97 Å². The smallest absolute Gasteiger partial charge is 0.320 e. The lowest BCUT2D eigenvalue weighted by atomic mass is 10.1. The Kier molecular flexibility index (Phi) is 16.8. The van der Waals surface area contributed by atoms with E-state index >= 15 is 0 Å². The Labute approximate surface area is 118 Å². The maximum absolute atomic E-state index is 10.1. The molecule has 2 N–H and O–H groups in total. The molecule has 0 aliphatic rings. The van der Waals surface area contributed by atoms with Crippen molar-refractivity contribution in [1.82, 2.24) is 4.90 Å². The number of aliphatic hydroxyl groups excluding tert-OH is 1. The molecule has 0 fully saturated rings. The molecule has 1 atom stereocenters. The lowest BCUT2D eigenvalue weighted by Gasteiger charge is -2.13. The SMILES string of the molecule is CC(C(=O)O)N(C)C.CCCCCCCCCCO. The third-order valence-electron chi connectivity index (χ3n) is 3.14. The molecule has 0 spiro atoms. The number of hydrogen-bond donors (Lipinski definition) is 2. The van der Waals surface area contributed by atoms with Crippen LogP contribution in [0.4, 0.5) is 0 Å². The fraction of sp³-hybridized carbons (Fsp3) is 0.933. The van der Waals surface area contributed by atoms with Crippen LogP contribution in [0.3, 0.4) is 0 Å². The fourth-order valence-electron chi connectivity index (χ4n) is 1.47. The zero-order valence-corrected chi connectivity index (χ0v) is 13.2. The van der Waals surface area contributed by atoms with E-state index in [0.29, 0.717) is 6.61 Å². The normalized spacial score (nSPS) is 11.9. The van der Waals surface area contributed by atoms with Gasteiger partial charge in [-0.25, -0.2) is 0 Å². The number of carboxylic acids is 1. The fourth-order valence-corrected chi connectivity index (χ4v) is 1.47. The predicted molar refractivity (Wildman–Crippen MR) is 80.5 cm³/mol. The van der Waals surface area contributed by atoms with Crippen molar-refractivity contribution in [1.29, 1.82) is 0 Å². The summed E-state index contributed by atoms with van der Waals surface area (Å²) >= 11 is 0. The van der Waals surface area contributed by atoms with Crippen molar-refractivity contribution in [3.63, 3.8) is 0 Å². The second-order valence-electron chi connectivity index (χ2n) is 5.18. The Morgan fingerprint density at radius 3 is 1.68 bits per heavy atom. The maximum atomic E-state index is 10.1. The third kappa shape index (κ3) is 17.4. The molecular weight excluding hydrogens is 242 g/mol. The molecule has 0 amide bonds. The van der Waals surface area contributed by atoms with E-state index in [0.717, 1.165) is 6.42 Å². The standard InChI is InChI=1S/C10H22O.C5H11NO2/c1-2-3-4-5-6-7-8-9-10-11;1-4(5(7)8)6(2)3/h11H,2-10H2,1H3;4H,1-3H3,(H,7,8). The number of aliphatic hydroxyl groups is 1. The van der Waals surface area contributed by atoms with Gasteiger partial charge in [-0.2, -0.15) is 0 Å². The van der Waals surface area contributed by atoms with Crippen LogP contribution in [0.2, 0.25) is 0 Å². The minimum absolute atomic E-state index is 0.370. The molecule has 0 bridgehead atoms. The maximum Gasteiger partial charge on any atom is 0.320 e. The molecule has 4 heteroatoms. The van der Waals surface area contributed by atoms with Crippen molar-refractivity contribution in [3.8, 4) is 0 Å². The number of nitrogens with zero attached hydrogens (tertiary/aromatic N) is 1. The summed E-state index contributed by atoms with van der Waals surface area (Å²) in [5.41, 5.74) is 0. The summed E-state index contributed by atoms with van der Waals surface area (Å²) in [6, 6.07) is -0.380. The highest BCUT2D eigenvalue weighted by Crippen LogP contribution is 2.07. The zero-order valence-electron chi connectivity index (χ0n) is 13.2. The molecule has 0 aliphatic carbocycles. The van der Waals surface area contributed by atoms with E-state index in [4.69, 9.17) is 10.2 Å². The van der Waals surface area contributed by atoms with E-state index in [-0.39, 0.29) is 6.04 Å². The molecule has 0 aromatic rings. The highest BCUT2D eigenvalue weighted by Gasteiger charge is 2.11. The van der Waals surface area contributed by atoms with E-state index in [1.807, 2.05) is 0 Å². The molecule has 1 unspecified atom stereocenters. The second-order valence-corrected chi connectivity index (χ2v) is 5.18. The Hall–Kier alpha value is -0.610. The Balaban J connectivity index is 0. The molecule has 4 nitrogen and oxygen atoms in total. The number of hydrogen-bond acceptors (Lipinski definition) is 3. The molecule has 19 heavy (non-hydrogen) atoms. The number of aliphatic carboxylic acids is 1. The van der Waals surface area contributed by atoms with E-state index < -0.39 is 5.97 Å². The van der Waals surface area contributed by atoms with Crippen LogP contribution in [-0.4, -0.2) is 47.8 Å². The van der Waals surface area contributed by atoms with E-state index in [1.165, 1.54) is 44.9 Å². The number of likely N-dealkylation sites (N-methyl/N-ethyl adjacent to an activating group) is 1. The van der Waals surface area contributed by atoms with Gasteiger partial charge < -0.3 is 10.2 Å². The van der Waals surface area contributed by atoms with Gasteiger partial charge in [0.2, 0.25) is 0 Å². The average molecular weight is 275 g/mol. The highest BCUT2D eigenvalue weighted by atomic mass is 16.4. The predicted octanol–water partition coefficient (Wildman–Crippen LogP) is 3.14. The first-order chi connectivity index (χ1) is 8.97. The van der Waals surface area contributed by atoms with Crippen molar-refractivity contribution >= 4 is 5.97 Å². The van der Waals surface area contributed by atoms with Crippen LogP contribution in [0.1, 0.15) is 65.2 Å². The van der Waals surface area contributed by atoms with Gasteiger partial charge in [0.1, 0.15) is 6.04 Å². The quantitative estimate of drug-likeness (QED) is 0.601. The first-order valence-electron chi connectivity index (χ1n) is 7.47. The van der Waals surface area contributed by atoms with Gasteiger partial charge in [-0.05, 0) is 27.4 Å². The molecule has 0 aromatic carbocycles. The summed E-state index contributed by atoms with van der Waals surface area (Å²) < 4.78 is 0. The van der Waals surface area contributed by atoms with Crippen LogP contribution >= 0.6 is 0 Å². The van der Waals surface area contributed by atoms with Crippen molar-refractivity contribution in [2.75, 3.05) is 20.7 Å². The molecule has 0 rings (SSSR count). The summed E-state index contributed by atoms with van der Waals surface area (Å²) in [4.78, 5) is 11.7. The monoisotopic (exact) mass is 275 g/mol. The minimum Gasteiger partial charge on any atom is -0.480 e. The molecular formula is C15H33NO3. The summed E-state index contributed by atoms with van der Waals surface area (Å²) in [7, 11) is 3.47. The lowest BCUT2D eigenvalue weighted by Crippen LogP contribution is -2.32. The largest absolute Gasteiger partial charge is 0.480 e. The Bertz CT molecular complexity index is 188. The molecule has 0 aliphatic heterocycles. The molecule has 0 saturated heterocycles. The zero-order chi connectivity index (χ0) is 15.1. The Morgan fingerprint density at radius 2 is 1.42 bits per heavy atom. The van der Waals surface area contributed by atoms with Gasteiger partial charge in [0.25, 0.3) is 0 Å². The average Bonchev–Trinajstić information content (AvgIpc) is 2.37. The number of carboxylic acid groups (broad SMARTS) is 1. The summed E-state index contributed by atoms with van der Waals surface area (Å²) in [5, 5.41) is 16.8. The first kappa shape index (κ1) is 20.7. The topological polar surface area (TPSA) is 60.8 Å². The Morgan fingerprint density at radius 1 is 1.00 bits per heavy atom. The van der Waals surface area contributed by atoms with E-state index in [9.17, 15) is 4.79 Å². The minimum atomic E-state index is -0.782. The van der Waals surface area contributed by atoms with Crippen molar-refractivity contribution in [2.45, 2.75) is 71.3 Å². The van der Waals surface area contributed by atoms with Crippen LogP contribution < -0.4 is 0 Å². The van der Waals surface area contributed by atoms with Crippen molar-refractivity contribution < 1.29 is 15.0 Å². The van der Waals surface area contributed by atoms with Crippen LogP contribution in [0.15, 0.2) is 0 Å². The number of carbonyl (C=O) groups is 1. The summed E-state index contributed by atoms with van der Waals surface area (Å²) in [6.07, 6.45) is 10.4. The van der Waals surface area contributed by atoms with Gasteiger partial charge in [0.15, 0.2) is 0 Å². The number of rotatable bonds is 10. The van der Waals surface area contributed by atoms with Crippen LogP contribution in [0, 0.1) is 0 Å². The van der Waals surface area contributed by atoms with Crippen LogP contribution in [-0.2, 0) is 4.79 Å². The van der Waals surface area contributed by atoms with E-state index in [2.05, 4.69) is 6.92 Å². The van der Waals surface area contributed by atoms with Crippen molar-refractivity contribution in [2.24, 2.45) is 0 Å². The first-order valence-corrected chi connectivity index (χ1v) is 7.47. The van der Waals surface area contributed by atoms with Gasteiger partial charge in [-0.3, -0.25) is 9.69 Å². The van der Waals surface area contributed by atoms with Gasteiger partial charge in [0.05, 0.1) is 0 Å². The number of unbranched alkanes of at least 4 members (excludes halogenated alkanes) is 7. The van der Waals surface area contributed by atoms with Crippen molar-refractivity contribution in [3.05, 3.63) is 0 Å². The lowest BCUT2D eigenvalue weighted by molar-refractivity contribution is -0.141. The molecule has 0 heterocycles. The van der Waals surface area contributed by atoms with Gasteiger partial charge in [0, 0.05) is 6.61 Å².